The third-order valence-corrected chi connectivity index (χ3v) is 4.82. The highest BCUT2D eigenvalue weighted by molar-refractivity contribution is 7.91. The molecule has 0 radical (unpaired) electrons. The second-order valence-corrected chi connectivity index (χ2v) is 6.91. The van der Waals surface area contributed by atoms with Crippen LogP contribution in [0.1, 0.15) is 33.1 Å². The molecule has 0 spiro atoms. The number of nitrogens with one attached hydrogen (secondary N) is 2. The van der Waals surface area contributed by atoms with E-state index in [0.717, 1.165) is 6.42 Å². The minimum absolute atomic E-state index is 0.0668. The first-order valence-electron chi connectivity index (χ1n) is 6.16. The third kappa shape index (κ3) is 5.50. The van der Waals surface area contributed by atoms with Crippen molar-refractivity contribution < 1.29 is 13.2 Å². The van der Waals surface area contributed by atoms with Crippen molar-refractivity contribution in [3.05, 3.63) is 0 Å². The summed E-state index contributed by atoms with van der Waals surface area (Å²) in [5.74, 6) is 0.226. The smallest absolute Gasteiger partial charge is 0.221 e. The van der Waals surface area contributed by atoms with Crippen LogP contribution in [0.5, 0.6) is 0 Å². The van der Waals surface area contributed by atoms with E-state index in [2.05, 4.69) is 24.5 Å². The van der Waals surface area contributed by atoms with Crippen LogP contribution in [0.15, 0.2) is 0 Å². The highest BCUT2D eigenvalue weighted by Crippen LogP contribution is 2.11. The lowest BCUT2D eigenvalue weighted by Gasteiger charge is -2.13. The molecular weight excluding hydrogens is 240 g/mol. The monoisotopic (exact) mass is 262 g/mol. The Labute approximate surface area is 103 Å². The highest BCUT2D eigenvalue weighted by atomic mass is 32.2. The topological polar surface area (TPSA) is 75.3 Å². The van der Waals surface area contributed by atoms with Crippen molar-refractivity contribution in [2.75, 3.05) is 18.1 Å². The van der Waals surface area contributed by atoms with Gasteiger partial charge in [0.1, 0.15) is 0 Å². The zero-order valence-corrected chi connectivity index (χ0v) is 11.3. The van der Waals surface area contributed by atoms with E-state index in [0.29, 0.717) is 25.4 Å². The predicted molar refractivity (Wildman–Crippen MR) is 67.6 cm³/mol. The number of sulfone groups is 1. The molecule has 2 atom stereocenters. The number of carbonyl (C=O) groups excluding carboxylic acids is 1. The lowest BCUT2D eigenvalue weighted by Crippen LogP contribution is -2.38. The summed E-state index contributed by atoms with van der Waals surface area (Å²) in [7, 11) is -2.91. The SMILES string of the molecule is CCC(C)NCCC(=O)NC1CCS(=O)(=O)C1. The van der Waals surface area contributed by atoms with Crippen LogP contribution >= 0.6 is 0 Å². The minimum atomic E-state index is -2.91. The van der Waals surface area contributed by atoms with Gasteiger partial charge in [0.15, 0.2) is 9.84 Å². The van der Waals surface area contributed by atoms with E-state index >= 15 is 0 Å². The summed E-state index contributed by atoms with van der Waals surface area (Å²) in [6.07, 6.45) is 1.98. The van der Waals surface area contributed by atoms with Crippen molar-refractivity contribution in [2.24, 2.45) is 0 Å². The predicted octanol–water partition coefficient (Wildman–Crippen LogP) is 0.0679. The molecule has 5 nitrogen and oxygen atoms in total. The maximum Gasteiger partial charge on any atom is 0.221 e. The number of hydrogen-bond donors (Lipinski definition) is 2. The van der Waals surface area contributed by atoms with Crippen molar-refractivity contribution in [1.29, 1.82) is 0 Å². The molecule has 0 aliphatic carbocycles. The Bertz CT molecular complexity index is 354. The Morgan fingerprint density at radius 1 is 1.47 bits per heavy atom. The Kier molecular flexibility index (Phi) is 5.39. The highest BCUT2D eigenvalue weighted by Gasteiger charge is 2.28. The van der Waals surface area contributed by atoms with Gasteiger partial charge in [0, 0.05) is 25.0 Å². The minimum Gasteiger partial charge on any atom is -0.352 e. The summed E-state index contributed by atoms with van der Waals surface area (Å²) in [5.41, 5.74) is 0. The number of hydrogen-bond acceptors (Lipinski definition) is 4. The van der Waals surface area contributed by atoms with Crippen molar-refractivity contribution in [3.8, 4) is 0 Å². The molecule has 2 unspecified atom stereocenters. The summed E-state index contributed by atoms with van der Waals surface area (Å²) in [4.78, 5) is 11.5. The number of carbonyl (C=O) groups is 1. The van der Waals surface area contributed by atoms with Crippen molar-refractivity contribution in [2.45, 2.75) is 45.2 Å². The van der Waals surface area contributed by atoms with Crippen LogP contribution in [0.4, 0.5) is 0 Å². The summed E-state index contributed by atoms with van der Waals surface area (Å²) in [6.45, 7) is 4.79. The van der Waals surface area contributed by atoms with Gasteiger partial charge in [-0.1, -0.05) is 6.92 Å². The Balaban J connectivity index is 2.18. The molecule has 1 aliphatic heterocycles. The van der Waals surface area contributed by atoms with Gasteiger partial charge in [0.05, 0.1) is 11.5 Å². The van der Waals surface area contributed by atoms with Crippen LogP contribution in [0, 0.1) is 0 Å². The van der Waals surface area contributed by atoms with Crippen LogP contribution < -0.4 is 10.6 Å². The van der Waals surface area contributed by atoms with Gasteiger partial charge in [0.25, 0.3) is 0 Å². The zero-order valence-electron chi connectivity index (χ0n) is 10.5. The van der Waals surface area contributed by atoms with E-state index < -0.39 is 9.84 Å². The van der Waals surface area contributed by atoms with Gasteiger partial charge in [-0.25, -0.2) is 8.42 Å². The van der Waals surface area contributed by atoms with Crippen LogP contribution in [-0.4, -0.2) is 44.5 Å². The molecule has 0 aromatic heterocycles. The Morgan fingerprint density at radius 2 is 2.18 bits per heavy atom. The molecule has 0 bridgehead atoms. The van der Waals surface area contributed by atoms with Crippen LogP contribution in [0.3, 0.4) is 0 Å². The number of rotatable bonds is 6. The molecule has 100 valence electrons. The summed E-state index contributed by atoms with van der Waals surface area (Å²) in [5, 5.41) is 5.99. The summed E-state index contributed by atoms with van der Waals surface area (Å²) >= 11 is 0. The molecule has 1 heterocycles. The first-order chi connectivity index (χ1) is 7.93. The zero-order chi connectivity index (χ0) is 12.9. The van der Waals surface area contributed by atoms with Gasteiger partial charge >= 0.3 is 0 Å². The molecule has 1 aliphatic rings. The molecule has 0 aromatic carbocycles. The summed E-state index contributed by atoms with van der Waals surface area (Å²) in [6, 6.07) is 0.228. The third-order valence-electron chi connectivity index (χ3n) is 3.05. The average molecular weight is 262 g/mol. The maximum absolute atomic E-state index is 11.5. The Hall–Kier alpha value is -0.620. The van der Waals surface area contributed by atoms with E-state index in [1.54, 1.807) is 0 Å². The molecule has 1 saturated heterocycles. The Morgan fingerprint density at radius 3 is 2.71 bits per heavy atom. The first kappa shape index (κ1) is 14.4. The first-order valence-corrected chi connectivity index (χ1v) is 7.98. The lowest BCUT2D eigenvalue weighted by molar-refractivity contribution is -0.121. The summed E-state index contributed by atoms with van der Waals surface area (Å²) < 4.78 is 22.4. The standard InChI is InChI=1S/C11H22N2O3S/c1-3-9(2)12-6-4-11(14)13-10-5-7-17(15,16)8-10/h9-10,12H,3-8H2,1-2H3,(H,13,14). The molecule has 17 heavy (non-hydrogen) atoms. The average Bonchev–Trinajstić information content (AvgIpc) is 2.57. The molecule has 2 N–H and O–H groups in total. The molecule has 1 rings (SSSR count). The van der Waals surface area contributed by atoms with E-state index in [1.165, 1.54) is 0 Å². The molecule has 0 saturated carbocycles. The van der Waals surface area contributed by atoms with Gasteiger partial charge in [-0.15, -0.1) is 0 Å². The quantitative estimate of drug-likeness (QED) is 0.710. The normalized spacial score (nSPS) is 24.5. The van der Waals surface area contributed by atoms with E-state index in [9.17, 15) is 13.2 Å². The van der Waals surface area contributed by atoms with Crippen LogP contribution in [0.2, 0.25) is 0 Å². The second kappa shape index (κ2) is 6.35. The molecule has 1 fully saturated rings. The maximum atomic E-state index is 11.5. The van der Waals surface area contributed by atoms with Gasteiger partial charge in [-0.2, -0.15) is 0 Å². The molecule has 6 heteroatoms. The molecule has 0 aromatic rings. The van der Waals surface area contributed by atoms with Crippen LogP contribution in [0.25, 0.3) is 0 Å². The van der Waals surface area contributed by atoms with E-state index in [4.69, 9.17) is 0 Å². The molecule has 1 amide bonds. The van der Waals surface area contributed by atoms with Crippen LogP contribution in [-0.2, 0) is 14.6 Å². The van der Waals surface area contributed by atoms with Gasteiger partial charge in [-0.05, 0) is 19.8 Å². The van der Waals surface area contributed by atoms with E-state index in [1.807, 2.05) is 0 Å². The lowest BCUT2D eigenvalue weighted by atomic mass is 10.2. The fraction of sp³-hybridized carbons (Fsp3) is 0.909. The molecular formula is C11H22N2O3S. The number of amides is 1. The van der Waals surface area contributed by atoms with Crippen molar-refractivity contribution >= 4 is 15.7 Å². The van der Waals surface area contributed by atoms with Gasteiger partial charge in [0.2, 0.25) is 5.91 Å². The van der Waals surface area contributed by atoms with Gasteiger partial charge < -0.3 is 10.6 Å². The second-order valence-electron chi connectivity index (χ2n) is 4.68. The fourth-order valence-electron chi connectivity index (χ4n) is 1.79. The van der Waals surface area contributed by atoms with E-state index in [-0.39, 0.29) is 23.5 Å². The van der Waals surface area contributed by atoms with Crippen molar-refractivity contribution in [3.63, 3.8) is 0 Å². The van der Waals surface area contributed by atoms with Gasteiger partial charge in [-0.3, -0.25) is 4.79 Å². The largest absolute Gasteiger partial charge is 0.352 e. The fourth-order valence-corrected chi connectivity index (χ4v) is 3.46. The van der Waals surface area contributed by atoms with Crippen molar-refractivity contribution in [1.82, 2.24) is 10.6 Å².